The molecule has 22 heavy (non-hydrogen) atoms. The molecule has 0 aliphatic carbocycles. The number of alkyl halides is 3. The summed E-state index contributed by atoms with van der Waals surface area (Å²) in [6.07, 6.45) is -10.1. The van der Waals surface area contributed by atoms with Gasteiger partial charge in [-0.05, 0) is 18.2 Å². The summed E-state index contributed by atoms with van der Waals surface area (Å²) in [5.41, 5.74) is -0.276. The van der Waals surface area contributed by atoms with Crippen LogP contribution in [0.25, 0.3) is 0 Å². The van der Waals surface area contributed by atoms with Crippen molar-refractivity contribution in [2.45, 2.75) is 37.2 Å². The van der Waals surface area contributed by atoms with E-state index in [4.69, 9.17) is 9.84 Å². The molecule has 6 nitrogen and oxygen atoms in total. The van der Waals surface area contributed by atoms with Crippen molar-refractivity contribution in [3.63, 3.8) is 0 Å². The number of phenolic OH excluding ortho intramolecular Hbond substituents is 1. The van der Waals surface area contributed by atoms with Crippen LogP contribution in [0.3, 0.4) is 0 Å². The quantitative estimate of drug-likeness (QED) is 0.657. The average molecular weight is 324 g/mol. The smallest absolute Gasteiger partial charge is 0.508 e. The predicted molar refractivity (Wildman–Crippen MR) is 66.1 cm³/mol. The molecular formula is C13H15F3O6. The van der Waals surface area contributed by atoms with Crippen LogP contribution in [0, 0.1) is 0 Å². The number of aliphatic hydroxyl groups is 3. The SMILES string of the molecule is OCC1CC(O)C(O)C(c2cc(O)ccc2OC(F)(F)F)O1. The van der Waals surface area contributed by atoms with Crippen molar-refractivity contribution < 1.29 is 43.1 Å². The van der Waals surface area contributed by atoms with Crippen LogP contribution in [-0.4, -0.2) is 51.7 Å². The van der Waals surface area contributed by atoms with E-state index in [1.54, 1.807) is 0 Å². The Morgan fingerprint density at radius 3 is 2.55 bits per heavy atom. The number of benzene rings is 1. The van der Waals surface area contributed by atoms with Crippen molar-refractivity contribution in [1.29, 1.82) is 0 Å². The molecule has 0 radical (unpaired) electrons. The second-order valence-corrected chi connectivity index (χ2v) is 4.92. The fourth-order valence-electron chi connectivity index (χ4n) is 2.30. The van der Waals surface area contributed by atoms with E-state index < -0.39 is 43.1 Å². The third kappa shape index (κ3) is 3.80. The molecular weight excluding hydrogens is 309 g/mol. The maximum atomic E-state index is 12.4. The zero-order valence-electron chi connectivity index (χ0n) is 11.2. The minimum Gasteiger partial charge on any atom is -0.508 e. The van der Waals surface area contributed by atoms with Crippen LogP contribution in [0.2, 0.25) is 0 Å². The molecule has 0 aromatic heterocycles. The van der Waals surface area contributed by atoms with Gasteiger partial charge in [0.2, 0.25) is 0 Å². The highest BCUT2D eigenvalue weighted by atomic mass is 19.4. The van der Waals surface area contributed by atoms with Crippen LogP contribution < -0.4 is 4.74 Å². The zero-order valence-corrected chi connectivity index (χ0v) is 11.2. The molecule has 1 aliphatic heterocycles. The first kappa shape index (κ1) is 16.8. The summed E-state index contributed by atoms with van der Waals surface area (Å²) >= 11 is 0. The third-order valence-electron chi connectivity index (χ3n) is 3.28. The molecule has 1 heterocycles. The Morgan fingerprint density at radius 2 is 1.95 bits per heavy atom. The lowest BCUT2D eigenvalue weighted by Gasteiger charge is -2.37. The highest BCUT2D eigenvalue weighted by Crippen LogP contribution is 2.39. The van der Waals surface area contributed by atoms with Crippen LogP contribution in [0.5, 0.6) is 11.5 Å². The predicted octanol–water partition coefficient (Wildman–Crippen LogP) is 0.835. The summed E-state index contributed by atoms with van der Waals surface area (Å²) < 4.78 is 46.4. The van der Waals surface area contributed by atoms with Crippen LogP contribution in [0.4, 0.5) is 13.2 Å². The number of aromatic hydroxyl groups is 1. The molecule has 1 fully saturated rings. The number of halogens is 3. The summed E-state index contributed by atoms with van der Waals surface area (Å²) in [6, 6.07) is 2.81. The molecule has 0 amide bonds. The van der Waals surface area contributed by atoms with Gasteiger partial charge in [0.25, 0.3) is 0 Å². The van der Waals surface area contributed by atoms with Crippen molar-refractivity contribution in [1.82, 2.24) is 0 Å². The van der Waals surface area contributed by atoms with E-state index in [1.807, 2.05) is 0 Å². The lowest BCUT2D eigenvalue weighted by Crippen LogP contribution is -2.44. The lowest BCUT2D eigenvalue weighted by atomic mass is 9.92. The van der Waals surface area contributed by atoms with E-state index >= 15 is 0 Å². The van der Waals surface area contributed by atoms with Gasteiger partial charge in [0.1, 0.15) is 23.7 Å². The summed E-state index contributed by atoms with van der Waals surface area (Å²) in [4.78, 5) is 0. The number of rotatable bonds is 3. The van der Waals surface area contributed by atoms with E-state index in [9.17, 15) is 28.5 Å². The first-order chi connectivity index (χ1) is 10.2. The van der Waals surface area contributed by atoms with Gasteiger partial charge in [-0.1, -0.05) is 0 Å². The molecule has 1 aliphatic rings. The van der Waals surface area contributed by atoms with Gasteiger partial charge in [0.15, 0.2) is 0 Å². The van der Waals surface area contributed by atoms with Crippen molar-refractivity contribution >= 4 is 0 Å². The Morgan fingerprint density at radius 1 is 1.27 bits per heavy atom. The zero-order chi connectivity index (χ0) is 16.5. The van der Waals surface area contributed by atoms with Crippen molar-refractivity contribution in [2.24, 2.45) is 0 Å². The van der Waals surface area contributed by atoms with E-state index in [0.717, 1.165) is 18.2 Å². The number of hydrogen-bond acceptors (Lipinski definition) is 6. The molecule has 0 bridgehead atoms. The summed E-state index contributed by atoms with van der Waals surface area (Å²) in [7, 11) is 0. The highest BCUT2D eigenvalue weighted by molar-refractivity contribution is 5.42. The maximum absolute atomic E-state index is 12.4. The monoisotopic (exact) mass is 324 g/mol. The van der Waals surface area contributed by atoms with Crippen LogP contribution >= 0.6 is 0 Å². The van der Waals surface area contributed by atoms with E-state index in [2.05, 4.69) is 4.74 Å². The van der Waals surface area contributed by atoms with E-state index in [-0.39, 0.29) is 17.7 Å². The third-order valence-corrected chi connectivity index (χ3v) is 3.28. The van der Waals surface area contributed by atoms with Crippen molar-refractivity contribution in [3.05, 3.63) is 23.8 Å². The molecule has 4 atom stereocenters. The molecule has 4 N–H and O–H groups in total. The Bertz CT molecular complexity index is 521. The fraction of sp³-hybridized carbons (Fsp3) is 0.538. The molecule has 1 aromatic rings. The Labute approximate surface area is 123 Å². The first-order valence-corrected chi connectivity index (χ1v) is 6.42. The molecule has 9 heteroatoms. The normalized spacial score (nSPS) is 29.4. The van der Waals surface area contributed by atoms with Crippen LogP contribution in [0.15, 0.2) is 18.2 Å². The van der Waals surface area contributed by atoms with Crippen molar-refractivity contribution in [2.75, 3.05) is 6.61 Å². The number of phenols is 1. The molecule has 1 saturated heterocycles. The minimum absolute atomic E-state index is 0.0670. The van der Waals surface area contributed by atoms with Gasteiger partial charge in [-0.15, -0.1) is 13.2 Å². The molecule has 124 valence electrons. The molecule has 2 rings (SSSR count). The molecule has 1 aromatic carbocycles. The van der Waals surface area contributed by atoms with Gasteiger partial charge in [0, 0.05) is 12.0 Å². The van der Waals surface area contributed by atoms with Gasteiger partial charge >= 0.3 is 6.36 Å². The Kier molecular flexibility index (Phi) is 4.81. The number of aliphatic hydroxyl groups excluding tert-OH is 3. The van der Waals surface area contributed by atoms with E-state index in [0.29, 0.717) is 0 Å². The Hall–Kier alpha value is -1.55. The van der Waals surface area contributed by atoms with Gasteiger partial charge in [-0.2, -0.15) is 0 Å². The van der Waals surface area contributed by atoms with Gasteiger partial charge in [-0.25, -0.2) is 0 Å². The molecule has 0 spiro atoms. The largest absolute Gasteiger partial charge is 0.573 e. The fourth-order valence-corrected chi connectivity index (χ4v) is 2.30. The second kappa shape index (κ2) is 6.29. The molecule has 4 unspecified atom stereocenters. The van der Waals surface area contributed by atoms with Crippen LogP contribution in [0.1, 0.15) is 18.1 Å². The lowest BCUT2D eigenvalue weighted by molar-refractivity contribution is -0.275. The first-order valence-electron chi connectivity index (χ1n) is 6.42. The average Bonchev–Trinajstić information content (AvgIpc) is 2.42. The molecule has 0 saturated carbocycles. The summed E-state index contributed by atoms with van der Waals surface area (Å²) in [5.74, 6) is -1.03. The topological polar surface area (TPSA) is 99.4 Å². The van der Waals surface area contributed by atoms with Gasteiger partial charge in [-0.3, -0.25) is 0 Å². The second-order valence-electron chi connectivity index (χ2n) is 4.92. The van der Waals surface area contributed by atoms with E-state index in [1.165, 1.54) is 0 Å². The standard InChI is InChI=1S/C13H15F3O6/c14-13(15,16)22-10-2-1-6(18)3-8(10)12-11(20)9(19)4-7(5-17)21-12/h1-3,7,9,11-12,17-20H,4-5H2. The number of ether oxygens (including phenoxy) is 2. The maximum Gasteiger partial charge on any atom is 0.573 e. The van der Waals surface area contributed by atoms with Gasteiger partial charge < -0.3 is 29.9 Å². The summed E-state index contributed by atoms with van der Waals surface area (Å²) in [5, 5.41) is 38.2. The Balaban J connectivity index is 2.38. The van der Waals surface area contributed by atoms with Gasteiger partial charge in [0.05, 0.1) is 18.8 Å². The number of hydrogen-bond donors (Lipinski definition) is 4. The summed E-state index contributed by atoms with van der Waals surface area (Å²) in [6.45, 7) is -0.478. The van der Waals surface area contributed by atoms with Crippen LogP contribution in [-0.2, 0) is 4.74 Å². The highest BCUT2D eigenvalue weighted by Gasteiger charge is 2.40. The minimum atomic E-state index is -4.97. The van der Waals surface area contributed by atoms with Crippen molar-refractivity contribution in [3.8, 4) is 11.5 Å².